The lowest BCUT2D eigenvalue weighted by Crippen LogP contribution is -2.41. The standard InChI is InChI=1S/C23H32N2O2S/c1-4-5-6-7-9-23(22-24-11-14-28-22)10-13-25-12-8-17-15-19(26-2)20(27-3)16-18(17)21(23)25/h10,13,15-16,21H,4-9,11-12,14H2,1-3H3. The Bertz CT molecular complexity index is 776. The fourth-order valence-corrected chi connectivity index (χ4v) is 6.10. The number of rotatable bonds is 8. The number of aliphatic imine (C=N–C) groups is 1. The predicted molar refractivity (Wildman–Crippen MR) is 118 cm³/mol. The van der Waals surface area contributed by atoms with Crippen molar-refractivity contribution >= 4 is 16.8 Å². The van der Waals surface area contributed by atoms with E-state index >= 15 is 0 Å². The summed E-state index contributed by atoms with van der Waals surface area (Å²) < 4.78 is 11.2. The smallest absolute Gasteiger partial charge is 0.161 e. The lowest BCUT2D eigenvalue weighted by atomic mass is 9.72. The van der Waals surface area contributed by atoms with Crippen molar-refractivity contribution in [3.8, 4) is 11.5 Å². The lowest BCUT2D eigenvalue weighted by molar-refractivity contribution is 0.201. The van der Waals surface area contributed by atoms with Crippen LogP contribution in [0.3, 0.4) is 0 Å². The van der Waals surface area contributed by atoms with Crippen LogP contribution < -0.4 is 9.47 Å². The van der Waals surface area contributed by atoms with E-state index in [2.05, 4.69) is 36.2 Å². The Kier molecular flexibility index (Phi) is 5.91. The predicted octanol–water partition coefficient (Wildman–Crippen LogP) is 5.23. The van der Waals surface area contributed by atoms with Gasteiger partial charge in [0.05, 0.1) is 30.7 Å². The Balaban J connectivity index is 1.75. The van der Waals surface area contributed by atoms with Gasteiger partial charge in [0.2, 0.25) is 0 Å². The van der Waals surface area contributed by atoms with E-state index in [0.717, 1.165) is 36.8 Å². The van der Waals surface area contributed by atoms with E-state index in [1.165, 1.54) is 48.3 Å². The van der Waals surface area contributed by atoms with Crippen molar-refractivity contribution in [2.24, 2.45) is 10.4 Å². The van der Waals surface area contributed by atoms with E-state index in [9.17, 15) is 0 Å². The maximum atomic E-state index is 5.66. The summed E-state index contributed by atoms with van der Waals surface area (Å²) in [5.74, 6) is 2.78. The second kappa shape index (κ2) is 8.40. The Morgan fingerprint density at radius 3 is 2.71 bits per heavy atom. The summed E-state index contributed by atoms with van der Waals surface area (Å²) in [6, 6.07) is 4.73. The monoisotopic (exact) mass is 400 g/mol. The number of hydrogen-bond acceptors (Lipinski definition) is 5. The highest BCUT2D eigenvalue weighted by molar-refractivity contribution is 8.14. The molecule has 5 heteroatoms. The molecule has 0 aliphatic carbocycles. The number of thioether (sulfide) groups is 1. The van der Waals surface area contributed by atoms with Gasteiger partial charge in [-0.25, -0.2) is 0 Å². The van der Waals surface area contributed by atoms with Crippen molar-refractivity contribution in [2.45, 2.75) is 51.5 Å². The van der Waals surface area contributed by atoms with Crippen molar-refractivity contribution < 1.29 is 9.47 Å². The number of nitrogens with zero attached hydrogens (tertiary/aromatic N) is 2. The van der Waals surface area contributed by atoms with Crippen LogP contribution in [0, 0.1) is 5.41 Å². The van der Waals surface area contributed by atoms with Gasteiger partial charge in [0.25, 0.3) is 0 Å². The number of benzene rings is 1. The zero-order valence-corrected chi connectivity index (χ0v) is 18.2. The zero-order valence-electron chi connectivity index (χ0n) is 17.4. The Morgan fingerprint density at radius 2 is 2.00 bits per heavy atom. The van der Waals surface area contributed by atoms with Gasteiger partial charge in [-0.1, -0.05) is 38.7 Å². The molecule has 3 heterocycles. The molecular weight excluding hydrogens is 368 g/mol. The topological polar surface area (TPSA) is 34.1 Å². The van der Waals surface area contributed by atoms with Crippen LogP contribution in [-0.2, 0) is 6.42 Å². The Hall–Kier alpha value is -1.62. The molecule has 28 heavy (non-hydrogen) atoms. The largest absolute Gasteiger partial charge is 0.493 e. The van der Waals surface area contributed by atoms with Gasteiger partial charge in [0, 0.05) is 18.8 Å². The molecule has 0 fully saturated rings. The van der Waals surface area contributed by atoms with Crippen LogP contribution in [0.1, 0.15) is 56.2 Å². The van der Waals surface area contributed by atoms with Crippen molar-refractivity contribution in [3.05, 3.63) is 35.5 Å². The van der Waals surface area contributed by atoms with Crippen molar-refractivity contribution in [3.63, 3.8) is 0 Å². The first-order valence-corrected chi connectivity index (χ1v) is 11.6. The van der Waals surface area contributed by atoms with E-state index in [1.807, 2.05) is 11.8 Å². The number of methoxy groups -OCH3 is 2. The molecule has 0 radical (unpaired) electrons. The van der Waals surface area contributed by atoms with E-state index in [-0.39, 0.29) is 5.41 Å². The first kappa shape index (κ1) is 19.7. The highest BCUT2D eigenvalue weighted by Gasteiger charge is 2.50. The fourth-order valence-electron chi connectivity index (χ4n) is 5.00. The summed E-state index contributed by atoms with van der Waals surface area (Å²) in [7, 11) is 3.45. The van der Waals surface area contributed by atoms with Crippen LogP contribution in [-0.4, -0.2) is 43.0 Å². The maximum absolute atomic E-state index is 5.66. The summed E-state index contributed by atoms with van der Waals surface area (Å²) in [6.07, 6.45) is 12.2. The van der Waals surface area contributed by atoms with Crippen LogP contribution in [0.15, 0.2) is 29.4 Å². The van der Waals surface area contributed by atoms with Crippen molar-refractivity contribution in [2.75, 3.05) is 33.1 Å². The Labute approximate surface area is 173 Å². The van der Waals surface area contributed by atoms with Crippen LogP contribution in [0.4, 0.5) is 0 Å². The molecule has 2 atom stereocenters. The number of hydrogen-bond donors (Lipinski definition) is 0. The van der Waals surface area contributed by atoms with Gasteiger partial charge < -0.3 is 14.4 Å². The summed E-state index contributed by atoms with van der Waals surface area (Å²) in [6.45, 7) is 4.29. The summed E-state index contributed by atoms with van der Waals surface area (Å²) in [5.41, 5.74) is 2.78. The average molecular weight is 401 g/mol. The number of ether oxygens (including phenoxy) is 2. The van der Waals surface area contributed by atoms with Gasteiger partial charge in [0.15, 0.2) is 11.5 Å². The third-order valence-electron chi connectivity index (χ3n) is 6.39. The molecule has 0 amide bonds. The fraction of sp³-hybridized carbons (Fsp3) is 0.609. The molecule has 0 saturated carbocycles. The molecule has 152 valence electrons. The molecule has 0 aromatic heterocycles. The summed E-state index contributed by atoms with van der Waals surface area (Å²) >= 11 is 1.97. The summed E-state index contributed by atoms with van der Waals surface area (Å²) in [4.78, 5) is 7.51. The van der Waals surface area contributed by atoms with E-state index in [4.69, 9.17) is 14.5 Å². The highest BCUT2D eigenvalue weighted by Crippen LogP contribution is 2.55. The normalized spacial score (nSPS) is 25.5. The molecule has 4 rings (SSSR count). The van der Waals surface area contributed by atoms with Gasteiger partial charge in [-0.15, -0.1) is 11.8 Å². The zero-order chi connectivity index (χ0) is 19.6. The minimum absolute atomic E-state index is 0.00365. The SMILES string of the molecule is CCCCCCC1(C2=NCCS2)C=CN2CCc3cc(OC)c(OC)cc3C21. The molecular formula is C23H32N2O2S. The number of fused-ring (bicyclic) bond motifs is 3. The van der Waals surface area contributed by atoms with Gasteiger partial charge in [-0.2, -0.15) is 0 Å². The third-order valence-corrected chi connectivity index (χ3v) is 7.56. The molecule has 0 saturated heterocycles. The molecule has 3 aliphatic rings. The van der Waals surface area contributed by atoms with Gasteiger partial charge in [0.1, 0.15) is 0 Å². The summed E-state index contributed by atoms with van der Waals surface area (Å²) in [5, 5.41) is 1.34. The highest BCUT2D eigenvalue weighted by atomic mass is 32.2. The van der Waals surface area contributed by atoms with Crippen LogP contribution in [0.25, 0.3) is 0 Å². The molecule has 2 unspecified atom stereocenters. The van der Waals surface area contributed by atoms with Crippen molar-refractivity contribution in [1.82, 2.24) is 4.90 Å². The second-order valence-electron chi connectivity index (χ2n) is 8.00. The molecule has 0 bridgehead atoms. The van der Waals surface area contributed by atoms with Gasteiger partial charge >= 0.3 is 0 Å². The second-order valence-corrected chi connectivity index (χ2v) is 9.08. The maximum Gasteiger partial charge on any atom is 0.161 e. The van der Waals surface area contributed by atoms with Crippen LogP contribution in [0.2, 0.25) is 0 Å². The van der Waals surface area contributed by atoms with E-state index < -0.39 is 0 Å². The molecule has 3 aliphatic heterocycles. The van der Waals surface area contributed by atoms with E-state index in [0.29, 0.717) is 6.04 Å². The third kappa shape index (κ3) is 3.32. The van der Waals surface area contributed by atoms with Crippen LogP contribution in [0.5, 0.6) is 11.5 Å². The van der Waals surface area contributed by atoms with Gasteiger partial charge in [-0.3, -0.25) is 4.99 Å². The first-order valence-electron chi connectivity index (χ1n) is 10.6. The molecule has 1 aromatic carbocycles. The van der Waals surface area contributed by atoms with Crippen molar-refractivity contribution in [1.29, 1.82) is 0 Å². The minimum Gasteiger partial charge on any atom is -0.493 e. The number of unbranched alkanes of at least 4 members (excludes halogenated alkanes) is 3. The molecule has 4 nitrogen and oxygen atoms in total. The minimum atomic E-state index is 0.00365. The lowest BCUT2D eigenvalue weighted by Gasteiger charge is -2.43. The molecule has 0 spiro atoms. The molecule has 0 N–H and O–H groups in total. The molecule has 1 aromatic rings. The Morgan fingerprint density at radius 1 is 1.18 bits per heavy atom. The average Bonchev–Trinajstić information content (AvgIpc) is 3.39. The van der Waals surface area contributed by atoms with Crippen LogP contribution >= 0.6 is 11.8 Å². The van der Waals surface area contributed by atoms with Gasteiger partial charge in [-0.05, 0) is 42.3 Å². The quantitative estimate of drug-likeness (QED) is 0.560. The van der Waals surface area contributed by atoms with E-state index in [1.54, 1.807) is 14.2 Å². The first-order chi connectivity index (χ1) is 13.7.